The van der Waals surface area contributed by atoms with Crippen LogP contribution in [0.3, 0.4) is 0 Å². The predicted octanol–water partition coefficient (Wildman–Crippen LogP) is 16.5. The Morgan fingerprint density at radius 3 is 0.825 bits per heavy atom. The first-order chi connectivity index (χ1) is 26.8. The molecule has 0 heterocycles. The van der Waals surface area contributed by atoms with E-state index in [-0.39, 0.29) is 0 Å². The number of rotatable bonds is 6. The lowest BCUT2D eigenvalue weighted by Gasteiger charge is -2.18. The fraction of sp³-hybridized carbons (Fsp3) is 0.368. The standard InChI is InChI=1S/C26H30.C19H24.C12H18/c1-15-9-18(4)25(19(5)10-15)24-13-20(6)26(21(7)14-24)23-11-16(2)22(8)17(3)12-23;1-7-17-8-14(4)19(15(5)9-17)18-10-12(2)16(6)13(3)11-18;1-5-6-12-7-9(2)11(4)10(3)8-12/h9-14H,1-8H3;8-11H,7H2,1-6H3;7-8H,5-6H2,1-4H3. The van der Waals surface area contributed by atoms with Crippen LogP contribution in [-0.4, -0.2) is 0 Å². The van der Waals surface area contributed by atoms with Crippen LogP contribution in [-0.2, 0) is 12.8 Å². The van der Waals surface area contributed by atoms with E-state index in [2.05, 4.69) is 197 Å². The van der Waals surface area contributed by atoms with Crippen molar-refractivity contribution in [2.75, 3.05) is 0 Å². The summed E-state index contributed by atoms with van der Waals surface area (Å²) < 4.78 is 0. The van der Waals surface area contributed by atoms with Crippen molar-refractivity contribution in [3.63, 3.8) is 0 Å². The van der Waals surface area contributed by atoms with Crippen LogP contribution in [0.2, 0.25) is 0 Å². The molecule has 0 aliphatic rings. The highest BCUT2D eigenvalue weighted by atomic mass is 14.2. The van der Waals surface area contributed by atoms with Crippen molar-refractivity contribution in [2.45, 2.75) is 144 Å². The molecule has 0 nitrogen and oxygen atoms in total. The van der Waals surface area contributed by atoms with Crippen LogP contribution < -0.4 is 0 Å². The maximum atomic E-state index is 2.36. The monoisotopic (exact) mass is 757 g/mol. The Bertz CT molecular complexity index is 2250. The molecule has 0 bridgehead atoms. The molecule has 6 aromatic carbocycles. The molecule has 0 amide bonds. The van der Waals surface area contributed by atoms with Crippen molar-refractivity contribution < 1.29 is 0 Å². The fourth-order valence-corrected chi connectivity index (χ4v) is 8.83. The maximum absolute atomic E-state index is 2.36. The molecule has 0 aromatic heterocycles. The highest BCUT2D eigenvalue weighted by molar-refractivity contribution is 5.80. The third kappa shape index (κ3) is 10.6. The van der Waals surface area contributed by atoms with Crippen LogP contribution in [0.1, 0.15) is 120 Å². The molecule has 0 radical (unpaired) electrons. The highest BCUT2D eigenvalue weighted by Gasteiger charge is 2.14. The van der Waals surface area contributed by atoms with Gasteiger partial charge in [0.15, 0.2) is 0 Å². The smallest absolute Gasteiger partial charge is 0.0125 e. The molecule has 0 heteroatoms. The molecule has 0 atom stereocenters. The van der Waals surface area contributed by atoms with Gasteiger partial charge in [0.25, 0.3) is 0 Å². The van der Waals surface area contributed by atoms with Crippen LogP contribution in [0.15, 0.2) is 72.8 Å². The Hall–Kier alpha value is -4.68. The molecule has 0 aliphatic carbocycles. The second kappa shape index (κ2) is 19.2. The van der Waals surface area contributed by atoms with Crippen molar-refractivity contribution >= 4 is 0 Å². The predicted molar refractivity (Wildman–Crippen MR) is 255 cm³/mol. The summed E-state index contributed by atoms with van der Waals surface area (Å²) in [5.74, 6) is 0. The Morgan fingerprint density at radius 1 is 0.281 bits per heavy atom. The molecule has 57 heavy (non-hydrogen) atoms. The lowest BCUT2D eigenvalue weighted by molar-refractivity contribution is 0.916. The van der Waals surface area contributed by atoms with Crippen LogP contribution in [0, 0.1) is 111 Å². The van der Waals surface area contributed by atoms with Gasteiger partial charge in [-0.05, 0) is 252 Å². The second-order valence-electron chi connectivity index (χ2n) is 17.3. The number of hydrogen-bond donors (Lipinski definition) is 0. The molecule has 0 saturated heterocycles. The zero-order valence-electron chi connectivity index (χ0n) is 39.0. The molecule has 0 N–H and O–H groups in total. The summed E-state index contributed by atoms with van der Waals surface area (Å²) in [6.45, 7) is 39.8. The van der Waals surface area contributed by atoms with Gasteiger partial charge in [0, 0.05) is 0 Å². The lowest BCUT2D eigenvalue weighted by Crippen LogP contribution is -1.96. The summed E-state index contributed by atoms with van der Waals surface area (Å²) in [6, 6.07) is 27.9. The molecule has 6 aromatic rings. The topological polar surface area (TPSA) is 0 Å². The zero-order valence-corrected chi connectivity index (χ0v) is 39.0. The minimum absolute atomic E-state index is 1.11. The minimum Gasteiger partial charge on any atom is -0.0651 e. The highest BCUT2D eigenvalue weighted by Crippen LogP contribution is 2.37. The quantitative estimate of drug-likeness (QED) is 0.159. The molecule has 0 saturated carbocycles. The van der Waals surface area contributed by atoms with E-state index in [0.717, 1.165) is 6.42 Å². The van der Waals surface area contributed by atoms with E-state index >= 15 is 0 Å². The molecule has 300 valence electrons. The minimum atomic E-state index is 1.11. The van der Waals surface area contributed by atoms with Crippen molar-refractivity contribution in [3.05, 3.63) is 173 Å². The third-order valence-electron chi connectivity index (χ3n) is 12.5. The average Bonchev–Trinajstić information content (AvgIpc) is 3.11. The molecule has 0 unspecified atom stereocenters. The van der Waals surface area contributed by atoms with Gasteiger partial charge in [-0.2, -0.15) is 0 Å². The van der Waals surface area contributed by atoms with Gasteiger partial charge in [-0.15, -0.1) is 0 Å². The summed E-state index contributed by atoms with van der Waals surface area (Å²) in [4.78, 5) is 0. The van der Waals surface area contributed by atoms with Gasteiger partial charge in [0.05, 0.1) is 0 Å². The van der Waals surface area contributed by atoms with Crippen LogP contribution in [0.25, 0.3) is 33.4 Å². The van der Waals surface area contributed by atoms with Crippen molar-refractivity contribution in [1.82, 2.24) is 0 Å². The van der Waals surface area contributed by atoms with Gasteiger partial charge in [-0.1, -0.05) is 98.6 Å². The first-order valence-electron chi connectivity index (χ1n) is 21.3. The summed E-state index contributed by atoms with van der Waals surface area (Å²) in [7, 11) is 0. The largest absolute Gasteiger partial charge is 0.0651 e. The molecular weight excluding hydrogens is 685 g/mol. The van der Waals surface area contributed by atoms with E-state index in [1.165, 1.54) is 146 Å². The van der Waals surface area contributed by atoms with E-state index in [1.807, 2.05) is 0 Å². The zero-order chi connectivity index (χ0) is 42.5. The van der Waals surface area contributed by atoms with E-state index < -0.39 is 0 Å². The molecule has 0 spiro atoms. The average molecular weight is 757 g/mol. The van der Waals surface area contributed by atoms with E-state index in [4.69, 9.17) is 0 Å². The molecule has 6 rings (SSSR count). The lowest BCUT2D eigenvalue weighted by atomic mass is 9.87. The maximum Gasteiger partial charge on any atom is -0.0125 e. The molecular formula is C57H72. The summed E-state index contributed by atoms with van der Waals surface area (Å²) >= 11 is 0. The summed E-state index contributed by atoms with van der Waals surface area (Å²) in [5, 5.41) is 0. The summed E-state index contributed by atoms with van der Waals surface area (Å²) in [5.41, 5.74) is 33.2. The Labute approximate surface area is 348 Å². The van der Waals surface area contributed by atoms with Gasteiger partial charge in [0.1, 0.15) is 0 Å². The van der Waals surface area contributed by atoms with Crippen molar-refractivity contribution in [3.8, 4) is 33.4 Å². The summed E-state index contributed by atoms with van der Waals surface area (Å²) in [6.07, 6.45) is 3.55. The van der Waals surface area contributed by atoms with Gasteiger partial charge in [0.2, 0.25) is 0 Å². The SMILES string of the molecule is CCCc1cc(C)c(C)c(C)c1.CCc1cc(C)c(-c2cc(C)c(C)c(C)c2)c(C)c1.Cc1cc(C)c(-c2cc(C)c(-c3cc(C)c(C)c(C)c3)c(C)c2)c(C)c1. The van der Waals surface area contributed by atoms with Gasteiger partial charge < -0.3 is 0 Å². The number of benzene rings is 6. The van der Waals surface area contributed by atoms with Crippen molar-refractivity contribution in [2.24, 2.45) is 0 Å². The number of hydrogen-bond acceptors (Lipinski definition) is 0. The first kappa shape index (κ1) is 45.0. The van der Waals surface area contributed by atoms with Gasteiger partial charge >= 0.3 is 0 Å². The van der Waals surface area contributed by atoms with Gasteiger partial charge in [-0.25, -0.2) is 0 Å². The molecule has 0 fully saturated rings. The van der Waals surface area contributed by atoms with Crippen LogP contribution in [0.5, 0.6) is 0 Å². The fourth-order valence-electron chi connectivity index (χ4n) is 8.83. The number of aryl methyl sites for hydroxylation is 15. The Kier molecular flexibility index (Phi) is 15.1. The van der Waals surface area contributed by atoms with E-state index in [1.54, 1.807) is 0 Å². The van der Waals surface area contributed by atoms with Crippen molar-refractivity contribution in [1.29, 1.82) is 0 Å². The molecule has 0 aliphatic heterocycles. The first-order valence-corrected chi connectivity index (χ1v) is 21.3. The third-order valence-corrected chi connectivity index (χ3v) is 12.5. The Morgan fingerprint density at radius 2 is 0.526 bits per heavy atom. The van der Waals surface area contributed by atoms with Crippen LogP contribution in [0.4, 0.5) is 0 Å². The second-order valence-corrected chi connectivity index (χ2v) is 17.3. The van der Waals surface area contributed by atoms with E-state index in [0.29, 0.717) is 0 Å². The van der Waals surface area contributed by atoms with E-state index in [9.17, 15) is 0 Å². The van der Waals surface area contributed by atoms with Crippen LogP contribution >= 0.6 is 0 Å². The van der Waals surface area contributed by atoms with Gasteiger partial charge in [-0.3, -0.25) is 0 Å². The normalized spacial score (nSPS) is 10.8. The Balaban J connectivity index is 0.000000204.